The fraction of sp³-hybridized carbons (Fsp3) is 0.333. The maximum absolute atomic E-state index is 14.0. The Morgan fingerprint density at radius 3 is 2.23 bits per heavy atom. The summed E-state index contributed by atoms with van der Waals surface area (Å²) in [6.45, 7) is 1.38. The lowest BCUT2D eigenvalue weighted by molar-refractivity contribution is -0.139. The zero-order chi connectivity index (χ0) is 28.7. The number of hydrogen-bond acceptors (Lipinski definition) is 4. The Kier molecular flexibility index (Phi) is 10.4. The first-order valence-corrected chi connectivity index (χ1v) is 16.4. The molecule has 4 rings (SSSR count). The highest BCUT2D eigenvalue weighted by Gasteiger charge is 2.33. The Bertz CT molecular complexity index is 1410. The summed E-state index contributed by atoms with van der Waals surface area (Å²) in [6, 6.07) is 21.6. The third-order valence-electron chi connectivity index (χ3n) is 7.09. The molecule has 10 heteroatoms. The van der Waals surface area contributed by atoms with Gasteiger partial charge in [0, 0.05) is 21.5 Å². The van der Waals surface area contributed by atoms with Crippen molar-refractivity contribution in [1.82, 2.24) is 10.2 Å². The highest BCUT2D eigenvalue weighted by atomic mass is 79.9. The molecule has 1 saturated carbocycles. The number of amides is 2. The minimum atomic E-state index is -4.08. The Morgan fingerprint density at radius 2 is 1.57 bits per heavy atom. The Labute approximate surface area is 253 Å². The quantitative estimate of drug-likeness (QED) is 0.272. The first-order valence-electron chi connectivity index (χ1n) is 13.3. The van der Waals surface area contributed by atoms with E-state index in [9.17, 15) is 18.0 Å². The number of halogens is 2. The van der Waals surface area contributed by atoms with E-state index in [2.05, 4.69) is 37.2 Å². The molecule has 1 aliphatic carbocycles. The number of sulfonamides is 1. The molecule has 0 heterocycles. The standard InChI is InChI=1S/C30H33Br2N3O4S/c1-22(30(37)33-26-11-4-2-5-12-26)34(20-23-9-8-10-25(32)19-23)29(36)21-35(27-17-15-24(31)16-18-27)40(38,39)28-13-6-3-7-14-28/h3,6-10,13-19,22,26H,2,4-5,11-12,20-21H2,1H3,(H,33,37)/t22-/m0/s1. The van der Waals surface area contributed by atoms with E-state index in [1.807, 2.05) is 24.3 Å². The van der Waals surface area contributed by atoms with Crippen LogP contribution in [-0.4, -0.2) is 43.8 Å². The van der Waals surface area contributed by atoms with Gasteiger partial charge in [-0.15, -0.1) is 0 Å². The van der Waals surface area contributed by atoms with E-state index in [4.69, 9.17) is 0 Å². The predicted molar refractivity (Wildman–Crippen MR) is 164 cm³/mol. The molecule has 1 fully saturated rings. The third-order valence-corrected chi connectivity index (χ3v) is 9.90. The van der Waals surface area contributed by atoms with Crippen LogP contribution >= 0.6 is 31.9 Å². The number of carbonyl (C=O) groups excluding carboxylic acids is 2. The maximum Gasteiger partial charge on any atom is 0.264 e. The van der Waals surface area contributed by atoms with Gasteiger partial charge in [-0.05, 0) is 73.9 Å². The van der Waals surface area contributed by atoms with Crippen molar-refractivity contribution in [2.24, 2.45) is 0 Å². The van der Waals surface area contributed by atoms with Crippen molar-refractivity contribution in [3.05, 3.63) is 93.4 Å². The number of anilines is 1. The fourth-order valence-corrected chi connectivity index (χ4v) is 6.99. The van der Waals surface area contributed by atoms with Gasteiger partial charge in [-0.2, -0.15) is 0 Å². The van der Waals surface area contributed by atoms with Gasteiger partial charge in [0.25, 0.3) is 10.0 Å². The van der Waals surface area contributed by atoms with Gasteiger partial charge in [0.05, 0.1) is 10.6 Å². The van der Waals surface area contributed by atoms with Crippen LogP contribution in [0.4, 0.5) is 5.69 Å². The van der Waals surface area contributed by atoms with Gasteiger partial charge in [0.2, 0.25) is 11.8 Å². The summed E-state index contributed by atoms with van der Waals surface area (Å²) < 4.78 is 30.3. The van der Waals surface area contributed by atoms with Gasteiger partial charge in [-0.25, -0.2) is 8.42 Å². The lowest BCUT2D eigenvalue weighted by Crippen LogP contribution is -2.53. The Morgan fingerprint density at radius 1 is 0.900 bits per heavy atom. The smallest absolute Gasteiger partial charge is 0.264 e. The highest BCUT2D eigenvalue weighted by molar-refractivity contribution is 9.10. The molecule has 0 spiro atoms. The topological polar surface area (TPSA) is 86.8 Å². The van der Waals surface area contributed by atoms with Crippen LogP contribution in [0.1, 0.15) is 44.6 Å². The van der Waals surface area contributed by atoms with Gasteiger partial charge >= 0.3 is 0 Å². The first-order chi connectivity index (χ1) is 19.1. The summed E-state index contributed by atoms with van der Waals surface area (Å²) in [7, 11) is -4.08. The molecule has 0 aromatic heterocycles. The molecule has 1 aliphatic rings. The third kappa shape index (κ3) is 7.73. The summed E-state index contributed by atoms with van der Waals surface area (Å²) in [5, 5.41) is 3.12. The maximum atomic E-state index is 14.0. The first kappa shape index (κ1) is 30.3. The number of carbonyl (C=O) groups is 2. The van der Waals surface area contributed by atoms with Gasteiger partial charge in [-0.1, -0.05) is 81.5 Å². The van der Waals surface area contributed by atoms with Crippen LogP contribution in [0.3, 0.4) is 0 Å². The number of nitrogens with one attached hydrogen (secondary N) is 1. The lowest BCUT2D eigenvalue weighted by Gasteiger charge is -2.33. The van der Waals surface area contributed by atoms with E-state index < -0.39 is 28.5 Å². The van der Waals surface area contributed by atoms with Crippen LogP contribution in [0.2, 0.25) is 0 Å². The molecule has 2 amide bonds. The molecule has 0 bridgehead atoms. The second kappa shape index (κ2) is 13.8. The van der Waals surface area contributed by atoms with Crippen LogP contribution in [0.15, 0.2) is 92.7 Å². The summed E-state index contributed by atoms with van der Waals surface area (Å²) in [4.78, 5) is 28.9. The molecule has 1 N–H and O–H groups in total. The van der Waals surface area contributed by atoms with Crippen molar-refractivity contribution in [1.29, 1.82) is 0 Å². The average molecular weight is 691 g/mol. The van der Waals surface area contributed by atoms with Gasteiger partial charge in [0.1, 0.15) is 12.6 Å². The zero-order valence-electron chi connectivity index (χ0n) is 22.3. The molecule has 212 valence electrons. The van der Waals surface area contributed by atoms with Crippen LogP contribution < -0.4 is 9.62 Å². The Balaban J connectivity index is 1.66. The van der Waals surface area contributed by atoms with Crippen molar-refractivity contribution < 1.29 is 18.0 Å². The van der Waals surface area contributed by atoms with Gasteiger partial charge < -0.3 is 10.2 Å². The molecule has 7 nitrogen and oxygen atoms in total. The minimum Gasteiger partial charge on any atom is -0.352 e. The van der Waals surface area contributed by atoms with Crippen molar-refractivity contribution in [3.8, 4) is 0 Å². The highest BCUT2D eigenvalue weighted by Crippen LogP contribution is 2.26. The molecule has 0 unspecified atom stereocenters. The monoisotopic (exact) mass is 689 g/mol. The molecule has 0 aliphatic heterocycles. The van der Waals surface area contributed by atoms with Crippen molar-refractivity contribution >= 4 is 59.4 Å². The van der Waals surface area contributed by atoms with E-state index in [0.717, 1.165) is 50.9 Å². The minimum absolute atomic E-state index is 0.0762. The molecular formula is C30H33Br2N3O4S. The predicted octanol–water partition coefficient (Wildman–Crippen LogP) is 6.27. The van der Waals surface area contributed by atoms with E-state index in [1.54, 1.807) is 49.4 Å². The fourth-order valence-electron chi connectivity index (χ4n) is 4.84. The van der Waals surface area contributed by atoms with Crippen molar-refractivity contribution in [3.63, 3.8) is 0 Å². The van der Waals surface area contributed by atoms with E-state index in [1.165, 1.54) is 17.0 Å². The second-order valence-electron chi connectivity index (χ2n) is 9.97. The van der Waals surface area contributed by atoms with Crippen molar-refractivity contribution in [2.75, 3.05) is 10.8 Å². The summed E-state index contributed by atoms with van der Waals surface area (Å²) in [5.74, 6) is -0.718. The van der Waals surface area contributed by atoms with Crippen LogP contribution in [0.25, 0.3) is 0 Å². The normalized spacial score (nSPS) is 14.8. The molecule has 1 atom stereocenters. The second-order valence-corrected chi connectivity index (χ2v) is 13.7. The summed E-state index contributed by atoms with van der Waals surface area (Å²) in [5.41, 5.74) is 1.17. The number of benzene rings is 3. The molecule has 0 radical (unpaired) electrons. The lowest BCUT2D eigenvalue weighted by atomic mass is 9.95. The SMILES string of the molecule is C[C@@H](C(=O)NC1CCCCC1)N(Cc1cccc(Br)c1)C(=O)CN(c1ccc(Br)cc1)S(=O)(=O)c1ccccc1. The summed E-state index contributed by atoms with van der Waals surface area (Å²) in [6.07, 6.45) is 5.14. The Hall–Kier alpha value is -2.69. The number of nitrogens with zero attached hydrogens (tertiary/aromatic N) is 2. The molecule has 0 saturated heterocycles. The van der Waals surface area contributed by atoms with Crippen LogP contribution in [0, 0.1) is 0 Å². The largest absolute Gasteiger partial charge is 0.352 e. The molecular weight excluding hydrogens is 658 g/mol. The van der Waals surface area contributed by atoms with Crippen molar-refractivity contribution in [2.45, 2.75) is 62.6 Å². The van der Waals surface area contributed by atoms with E-state index >= 15 is 0 Å². The molecule has 3 aromatic rings. The number of rotatable bonds is 10. The zero-order valence-corrected chi connectivity index (χ0v) is 26.3. The van der Waals surface area contributed by atoms with Crippen LogP contribution in [-0.2, 0) is 26.2 Å². The van der Waals surface area contributed by atoms with E-state index in [0.29, 0.717) is 5.69 Å². The molecule has 40 heavy (non-hydrogen) atoms. The van der Waals surface area contributed by atoms with Gasteiger partial charge in [-0.3, -0.25) is 13.9 Å². The number of hydrogen-bond donors (Lipinski definition) is 1. The molecule has 3 aromatic carbocycles. The van der Waals surface area contributed by atoms with Gasteiger partial charge in [0.15, 0.2) is 0 Å². The van der Waals surface area contributed by atoms with Crippen LogP contribution in [0.5, 0.6) is 0 Å². The average Bonchev–Trinajstić information content (AvgIpc) is 2.95. The summed E-state index contributed by atoms with van der Waals surface area (Å²) >= 11 is 6.87. The van der Waals surface area contributed by atoms with E-state index in [-0.39, 0.29) is 23.4 Å².